The average molecular weight is 507 g/mol. The Morgan fingerprint density at radius 2 is 1.82 bits per heavy atom. The minimum Gasteiger partial charge on any atom is -0.444 e. The lowest BCUT2D eigenvalue weighted by molar-refractivity contribution is -0.114. The lowest BCUT2D eigenvalue weighted by Crippen LogP contribution is -2.53. The number of rotatable bonds is 3. The van der Waals surface area contributed by atoms with E-state index >= 15 is 0 Å². The Morgan fingerprint density at radius 1 is 1.21 bits per heavy atom. The molecule has 1 fully saturated rings. The first-order valence-electron chi connectivity index (χ1n) is 8.72. The van der Waals surface area contributed by atoms with Gasteiger partial charge in [-0.05, 0) is 39.0 Å². The van der Waals surface area contributed by atoms with E-state index in [9.17, 15) is 14.0 Å². The lowest BCUT2D eigenvalue weighted by atomic mass is 10.2. The van der Waals surface area contributed by atoms with Gasteiger partial charge in [0.05, 0.1) is 0 Å². The lowest BCUT2D eigenvalue weighted by Gasteiger charge is -2.36. The molecule has 0 aliphatic carbocycles. The van der Waals surface area contributed by atoms with Crippen LogP contribution in [0.5, 0.6) is 0 Å². The maximum Gasteiger partial charge on any atom is 0.410 e. The SMILES string of the molecule is CC(C)(C)OC(=O)N1CCN(C(N)=NCC(=O)Nc2cccc(F)c2)CC1.I. The molecule has 1 aromatic carbocycles. The van der Waals surface area contributed by atoms with Crippen molar-refractivity contribution >= 4 is 47.6 Å². The van der Waals surface area contributed by atoms with Crippen molar-refractivity contribution in [2.24, 2.45) is 10.7 Å². The number of carbonyl (C=O) groups is 2. The van der Waals surface area contributed by atoms with Crippen molar-refractivity contribution in [2.45, 2.75) is 26.4 Å². The molecule has 0 aromatic heterocycles. The van der Waals surface area contributed by atoms with Gasteiger partial charge in [0.1, 0.15) is 18.0 Å². The van der Waals surface area contributed by atoms with Gasteiger partial charge in [-0.1, -0.05) is 6.07 Å². The van der Waals surface area contributed by atoms with E-state index < -0.39 is 17.3 Å². The summed E-state index contributed by atoms with van der Waals surface area (Å²) in [6, 6.07) is 5.61. The van der Waals surface area contributed by atoms with Gasteiger partial charge in [-0.25, -0.2) is 14.2 Å². The molecule has 0 saturated carbocycles. The van der Waals surface area contributed by atoms with Crippen LogP contribution in [0.1, 0.15) is 20.8 Å². The number of carbonyl (C=O) groups excluding carboxylic acids is 2. The highest BCUT2D eigenvalue weighted by Crippen LogP contribution is 2.12. The first-order valence-corrected chi connectivity index (χ1v) is 8.72. The van der Waals surface area contributed by atoms with Crippen LogP contribution in [-0.2, 0) is 9.53 Å². The van der Waals surface area contributed by atoms with E-state index in [1.807, 2.05) is 20.8 Å². The molecule has 8 nitrogen and oxygen atoms in total. The molecule has 1 saturated heterocycles. The van der Waals surface area contributed by atoms with Crippen molar-refractivity contribution in [3.63, 3.8) is 0 Å². The molecule has 10 heteroatoms. The first kappa shape index (κ1) is 23.9. The third-order valence-electron chi connectivity index (χ3n) is 3.75. The summed E-state index contributed by atoms with van der Waals surface area (Å²) in [6.07, 6.45) is -0.355. The van der Waals surface area contributed by atoms with E-state index in [0.29, 0.717) is 31.9 Å². The van der Waals surface area contributed by atoms with Crippen LogP contribution >= 0.6 is 24.0 Å². The maximum atomic E-state index is 13.1. The van der Waals surface area contributed by atoms with Crippen LogP contribution in [0.4, 0.5) is 14.9 Å². The maximum absolute atomic E-state index is 13.1. The van der Waals surface area contributed by atoms with E-state index in [1.54, 1.807) is 15.9 Å². The summed E-state index contributed by atoms with van der Waals surface area (Å²) in [5, 5.41) is 2.56. The standard InChI is InChI=1S/C18H26FN5O3.HI/c1-18(2,3)27-17(26)24-9-7-23(8-10-24)16(20)21-12-15(25)22-14-6-4-5-13(19)11-14;/h4-6,11H,7-10,12H2,1-3H3,(H2,20,21)(H,22,25);1H. The van der Waals surface area contributed by atoms with Gasteiger partial charge in [0.15, 0.2) is 5.96 Å². The topological polar surface area (TPSA) is 100 Å². The Bertz CT molecular complexity index is 715. The fourth-order valence-corrected chi connectivity index (χ4v) is 2.46. The van der Waals surface area contributed by atoms with Crippen LogP contribution in [0.3, 0.4) is 0 Å². The van der Waals surface area contributed by atoms with Crippen molar-refractivity contribution in [3.8, 4) is 0 Å². The van der Waals surface area contributed by atoms with Crippen LogP contribution in [0.25, 0.3) is 0 Å². The molecule has 2 amide bonds. The number of hydrogen-bond donors (Lipinski definition) is 2. The van der Waals surface area contributed by atoms with Crippen molar-refractivity contribution in [3.05, 3.63) is 30.1 Å². The molecule has 0 unspecified atom stereocenters. The number of amides is 2. The van der Waals surface area contributed by atoms with Crippen molar-refractivity contribution in [2.75, 3.05) is 38.0 Å². The molecule has 0 atom stereocenters. The summed E-state index contributed by atoms with van der Waals surface area (Å²) < 4.78 is 18.5. The Kier molecular flexibility index (Phi) is 8.92. The highest BCUT2D eigenvalue weighted by Gasteiger charge is 2.26. The number of nitrogens with two attached hydrogens (primary N) is 1. The van der Waals surface area contributed by atoms with Crippen molar-refractivity contribution in [1.29, 1.82) is 0 Å². The van der Waals surface area contributed by atoms with E-state index in [0.717, 1.165) is 0 Å². The van der Waals surface area contributed by atoms with Crippen molar-refractivity contribution in [1.82, 2.24) is 9.80 Å². The number of anilines is 1. The smallest absolute Gasteiger partial charge is 0.410 e. The summed E-state index contributed by atoms with van der Waals surface area (Å²) in [4.78, 5) is 31.4. The van der Waals surface area contributed by atoms with Crippen LogP contribution in [0.2, 0.25) is 0 Å². The minimum absolute atomic E-state index is 0. The monoisotopic (exact) mass is 507 g/mol. The number of piperazine rings is 1. The number of nitrogens with zero attached hydrogens (tertiary/aromatic N) is 3. The molecule has 156 valence electrons. The predicted octanol–water partition coefficient (Wildman–Crippen LogP) is 2.25. The average Bonchev–Trinajstić information content (AvgIpc) is 2.58. The Hall–Kier alpha value is -2.11. The largest absolute Gasteiger partial charge is 0.444 e. The highest BCUT2D eigenvalue weighted by atomic mass is 127. The number of hydrogen-bond acceptors (Lipinski definition) is 4. The third kappa shape index (κ3) is 7.87. The van der Waals surface area contributed by atoms with Crippen LogP contribution in [0.15, 0.2) is 29.3 Å². The number of nitrogens with one attached hydrogen (secondary N) is 1. The molecule has 28 heavy (non-hydrogen) atoms. The highest BCUT2D eigenvalue weighted by molar-refractivity contribution is 14.0. The van der Waals surface area contributed by atoms with E-state index in [-0.39, 0.29) is 42.6 Å². The second kappa shape index (κ2) is 10.4. The molecule has 1 aliphatic heterocycles. The number of benzene rings is 1. The summed E-state index contributed by atoms with van der Waals surface area (Å²) in [7, 11) is 0. The first-order chi connectivity index (χ1) is 12.6. The number of ether oxygens (including phenoxy) is 1. The molecule has 0 radical (unpaired) electrons. The molecular formula is C18H27FIN5O3. The van der Waals surface area contributed by atoms with Gasteiger partial charge < -0.3 is 25.6 Å². The zero-order chi connectivity index (χ0) is 20.0. The second-order valence-corrected chi connectivity index (χ2v) is 7.19. The molecular weight excluding hydrogens is 480 g/mol. The summed E-state index contributed by atoms with van der Waals surface area (Å²) >= 11 is 0. The Labute approximate surface area is 181 Å². The summed E-state index contributed by atoms with van der Waals surface area (Å²) in [5.41, 5.74) is 5.76. The number of aliphatic imine (C=N–C) groups is 1. The van der Waals surface area contributed by atoms with Gasteiger partial charge in [-0.3, -0.25) is 4.79 Å². The third-order valence-corrected chi connectivity index (χ3v) is 3.75. The summed E-state index contributed by atoms with van der Waals surface area (Å²) in [6.45, 7) is 7.21. The Morgan fingerprint density at radius 3 is 2.39 bits per heavy atom. The number of halogens is 2. The van der Waals surface area contributed by atoms with Crippen molar-refractivity contribution < 1.29 is 18.7 Å². The predicted molar refractivity (Wildman–Crippen MR) is 116 cm³/mol. The normalized spacial score (nSPS) is 14.9. The van der Waals surface area contributed by atoms with Crippen LogP contribution < -0.4 is 11.1 Å². The van der Waals surface area contributed by atoms with Gasteiger partial charge >= 0.3 is 6.09 Å². The summed E-state index contributed by atoms with van der Waals surface area (Å²) in [5.74, 6) is -0.595. The Balaban J connectivity index is 0.00000392. The van der Waals surface area contributed by atoms with Crippen LogP contribution in [-0.4, -0.2) is 66.1 Å². The second-order valence-electron chi connectivity index (χ2n) is 7.19. The van der Waals surface area contributed by atoms with Gasteiger partial charge in [-0.15, -0.1) is 24.0 Å². The van der Waals surface area contributed by atoms with Crippen LogP contribution in [0, 0.1) is 5.82 Å². The molecule has 2 rings (SSSR count). The van der Waals surface area contributed by atoms with E-state index in [4.69, 9.17) is 10.5 Å². The quantitative estimate of drug-likeness (QED) is 0.372. The van der Waals surface area contributed by atoms with Gasteiger partial charge in [0.25, 0.3) is 0 Å². The van der Waals surface area contributed by atoms with E-state index in [2.05, 4.69) is 10.3 Å². The fraction of sp³-hybridized carbons (Fsp3) is 0.500. The fourth-order valence-electron chi connectivity index (χ4n) is 2.46. The molecule has 1 aromatic rings. The van der Waals surface area contributed by atoms with Gasteiger partial charge in [0.2, 0.25) is 5.91 Å². The van der Waals surface area contributed by atoms with Gasteiger partial charge in [-0.2, -0.15) is 0 Å². The zero-order valence-corrected chi connectivity index (χ0v) is 18.6. The molecule has 1 aliphatic rings. The van der Waals surface area contributed by atoms with E-state index in [1.165, 1.54) is 18.2 Å². The zero-order valence-electron chi connectivity index (χ0n) is 16.3. The minimum atomic E-state index is -0.538. The molecule has 1 heterocycles. The van der Waals surface area contributed by atoms with Gasteiger partial charge in [0, 0.05) is 31.9 Å². The number of guanidine groups is 1. The molecule has 0 spiro atoms. The molecule has 0 bridgehead atoms. The molecule has 3 N–H and O–H groups in total.